The zero-order valence-electron chi connectivity index (χ0n) is 40.9. The number of nitrogens with one attached hydrogen (secondary N) is 1. The number of fused-ring (bicyclic) bond motifs is 1. The molecule has 2 aliphatic carbocycles. The molecule has 4 N–H and O–H groups in total. The second-order valence-electron chi connectivity index (χ2n) is 19.0. The number of piperazine rings is 1. The molecule has 1 saturated carbocycles. The number of para-hydroxylation sites is 1. The molecule has 1 atom stereocenters. The van der Waals surface area contributed by atoms with Gasteiger partial charge in [0.25, 0.3) is 0 Å². The number of nitrogens with two attached hydrogens (primary N) is 1. The van der Waals surface area contributed by atoms with Crippen LogP contribution in [0.5, 0.6) is 5.75 Å². The van der Waals surface area contributed by atoms with Crippen LogP contribution in [0.1, 0.15) is 56.2 Å². The number of carbonyl (C=O) groups excluding carboxylic acids is 4. The van der Waals surface area contributed by atoms with Crippen molar-refractivity contribution in [3.8, 4) is 5.75 Å². The summed E-state index contributed by atoms with van der Waals surface area (Å²) in [5.41, 5.74) is 8.59. The van der Waals surface area contributed by atoms with E-state index < -0.39 is 33.7 Å². The summed E-state index contributed by atoms with van der Waals surface area (Å²) in [4.78, 5) is 76.3. The SMILES string of the molecule is Cc1ccc2cccc(OCc3c(Cl)ccc(S(=O)(=O)NC4(C(=O)N5CCN(C(=O)C(N)CCCCN(C)C)CC5)CCCC4)c3Cl)c2n1.O=C(O)C(F)(F)F.O=C1C=C(N2CC2)C(=O)C(N2CC2)=C1N1CC1. The lowest BCUT2D eigenvalue weighted by atomic mass is 9.96. The number of Topliss-reactive ketones (excluding diaryl/α,β-unsaturated/α-hetero) is 1. The fraction of sp³-hybridized carbons (Fsp3) is 0.510. The van der Waals surface area contributed by atoms with Gasteiger partial charge in [0.2, 0.25) is 33.4 Å². The van der Waals surface area contributed by atoms with Crippen LogP contribution in [0.15, 0.2) is 70.5 Å². The van der Waals surface area contributed by atoms with E-state index in [4.69, 9.17) is 43.6 Å². The number of aliphatic carboxylic acids is 1. The fourth-order valence-electron chi connectivity index (χ4n) is 8.91. The van der Waals surface area contributed by atoms with Crippen LogP contribution in [-0.4, -0.2) is 181 Å². The van der Waals surface area contributed by atoms with Crippen molar-refractivity contribution < 1.29 is 55.4 Å². The van der Waals surface area contributed by atoms with Crippen molar-refractivity contribution in [3.05, 3.63) is 86.9 Å². The van der Waals surface area contributed by atoms with Crippen molar-refractivity contribution >= 4 is 73.5 Å². The minimum Gasteiger partial charge on any atom is -0.487 e. The number of carboxylic acid groups (broad SMARTS) is 1. The van der Waals surface area contributed by atoms with Crippen LogP contribution in [0.25, 0.3) is 10.9 Å². The van der Waals surface area contributed by atoms with Gasteiger partial charge in [0, 0.05) is 93.2 Å². The number of allylic oxidation sites excluding steroid dienone is 1. The zero-order chi connectivity index (χ0) is 53.0. The largest absolute Gasteiger partial charge is 0.490 e. The summed E-state index contributed by atoms with van der Waals surface area (Å²) in [5.74, 6) is -2.60. The van der Waals surface area contributed by atoms with Crippen LogP contribution in [0.4, 0.5) is 13.2 Å². The van der Waals surface area contributed by atoms with E-state index in [9.17, 15) is 40.8 Å². The molecule has 3 aromatic rings. The van der Waals surface area contributed by atoms with Gasteiger partial charge in [0.05, 0.1) is 16.8 Å². The van der Waals surface area contributed by atoms with Crippen molar-refractivity contribution in [2.24, 2.45) is 5.73 Å². The standard InChI is InChI=1S/C35H46Cl2N6O5S.C12H13N3O2.C2HF3O2/c1-24-12-13-25-9-8-11-29(32(25)39-24)48-23-26-27(36)14-15-30(31(26)37)49(46,47)40-35(16-5-6-17-35)34(45)43-21-19-42(20-22-43)33(44)28(38)10-4-7-18-41(2)3;16-9-7-8(13-1-2-13)12(17)11(15-5-6-15)10(9)14-3-4-14;3-2(4,5)1(6)7/h8-9,11-15,28,40H,4-7,10,16-23,38H2,1-3H3;7H,1-6H2;(H,6,7). The summed E-state index contributed by atoms with van der Waals surface area (Å²) >= 11 is 13.3. The van der Waals surface area contributed by atoms with Crippen molar-refractivity contribution in [3.63, 3.8) is 0 Å². The normalized spacial score (nSPS) is 18.8. The molecule has 0 radical (unpaired) electrons. The van der Waals surface area contributed by atoms with Crippen LogP contribution in [0.2, 0.25) is 10.0 Å². The third-order valence-electron chi connectivity index (χ3n) is 13.1. The van der Waals surface area contributed by atoms with Crippen molar-refractivity contribution in [2.45, 2.75) is 81.1 Å². The highest BCUT2D eigenvalue weighted by Gasteiger charge is 2.48. The van der Waals surface area contributed by atoms with Gasteiger partial charge in [-0.25, -0.2) is 18.2 Å². The first kappa shape index (κ1) is 55.2. The van der Waals surface area contributed by atoms with E-state index in [0.717, 1.165) is 69.7 Å². The Morgan fingerprint density at radius 1 is 0.877 bits per heavy atom. The Hall–Kier alpha value is -5.52. The molecule has 1 aromatic heterocycles. The Morgan fingerprint density at radius 2 is 1.48 bits per heavy atom. The topological polar surface area (TPSA) is 219 Å². The Labute approximate surface area is 431 Å². The molecule has 24 heteroatoms. The number of hydrogen-bond acceptors (Lipinski definition) is 14. The van der Waals surface area contributed by atoms with Crippen molar-refractivity contribution in [1.29, 1.82) is 0 Å². The summed E-state index contributed by atoms with van der Waals surface area (Å²) in [5, 5.41) is 8.20. The number of aryl methyl sites for hydroxylation is 1. The molecular weight excluding hydrogens is 1020 g/mol. The molecule has 73 heavy (non-hydrogen) atoms. The second kappa shape index (κ2) is 22.9. The third kappa shape index (κ3) is 13.6. The average molecular weight is 1080 g/mol. The van der Waals surface area contributed by atoms with E-state index in [1.165, 1.54) is 18.2 Å². The first-order valence-electron chi connectivity index (χ1n) is 24.1. The van der Waals surface area contributed by atoms with Gasteiger partial charge < -0.3 is 45.0 Å². The molecular formula is C49H60Cl2F3N9O9S. The minimum absolute atomic E-state index is 0.00546. The maximum Gasteiger partial charge on any atom is 0.490 e. The summed E-state index contributed by atoms with van der Waals surface area (Å²) in [6, 6.07) is 11.7. The monoisotopic (exact) mass is 1080 g/mol. The van der Waals surface area contributed by atoms with Gasteiger partial charge >= 0.3 is 12.1 Å². The molecule has 0 spiro atoms. The molecule has 18 nitrogen and oxygen atoms in total. The zero-order valence-corrected chi connectivity index (χ0v) is 43.2. The number of hydrogen-bond donors (Lipinski definition) is 3. The number of ether oxygens (including phenoxy) is 1. The van der Waals surface area contributed by atoms with E-state index in [2.05, 4.69) is 14.6 Å². The molecule has 5 fully saturated rings. The Morgan fingerprint density at radius 3 is 2.07 bits per heavy atom. The third-order valence-corrected chi connectivity index (χ3v) is 15.6. The number of nitrogens with zero attached hydrogens (tertiary/aromatic N) is 7. The summed E-state index contributed by atoms with van der Waals surface area (Å²) in [6.07, 6.45) is 0.983. The molecule has 5 heterocycles. The molecule has 4 aliphatic heterocycles. The number of benzene rings is 2. The fourth-order valence-corrected chi connectivity index (χ4v) is 11.2. The quantitative estimate of drug-likeness (QED) is 0.102. The number of aromatic nitrogens is 1. The molecule has 9 rings (SSSR count). The highest BCUT2D eigenvalue weighted by molar-refractivity contribution is 7.89. The summed E-state index contributed by atoms with van der Waals surface area (Å²) in [7, 11) is -0.246. The number of halogens is 5. The molecule has 2 aromatic carbocycles. The Bertz CT molecular complexity index is 2790. The first-order valence-corrected chi connectivity index (χ1v) is 26.3. The second-order valence-corrected chi connectivity index (χ2v) is 21.4. The smallest absolute Gasteiger partial charge is 0.487 e. The van der Waals surface area contributed by atoms with Gasteiger partial charge in [0.1, 0.15) is 39.7 Å². The van der Waals surface area contributed by atoms with Gasteiger partial charge in [-0.15, -0.1) is 0 Å². The summed E-state index contributed by atoms with van der Waals surface area (Å²) in [6.45, 7) is 9.43. The number of rotatable bonds is 16. The van der Waals surface area contributed by atoms with E-state index in [1.807, 2.05) is 60.0 Å². The van der Waals surface area contributed by atoms with Crippen LogP contribution < -0.4 is 15.2 Å². The maximum atomic E-state index is 14.1. The average Bonchev–Trinajstić information content (AvgIpc) is 4.21. The first-order chi connectivity index (χ1) is 34.5. The van der Waals surface area contributed by atoms with Crippen molar-refractivity contribution in [2.75, 3.05) is 86.1 Å². The van der Waals surface area contributed by atoms with E-state index in [0.29, 0.717) is 92.2 Å². The summed E-state index contributed by atoms with van der Waals surface area (Å²) < 4.78 is 68.6. The van der Waals surface area contributed by atoms with Crippen LogP contribution >= 0.6 is 23.2 Å². The molecule has 0 bridgehead atoms. The van der Waals surface area contributed by atoms with Gasteiger partial charge in [-0.1, -0.05) is 60.7 Å². The van der Waals surface area contributed by atoms with Gasteiger partial charge in [-0.2, -0.15) is 17.9 Å². The number of alkyl halides is 3. The maximum absolute atomic E-state index is 14.1. The van der Waals surface area contributed by atoms with Gasteiger partial charge in [-0.05, 0) is 77.5 Å². The van der Waals surface area contributed by atoms with E-state index >= 15 is 0 Å². The van der Waals surface area contributed by atoms with Crippen LogP contribution in [0, 0.1) is 6.92 Å². The lowest BCUT2D eigenvalue weighted by molar-refractivity contribution is -0.192. The Kier molecular flexibility index (Phi) is 17.4. The number of sulfonamides is 1. The number of unbranched alkanes of at least 4 members (excludes halogenated alkanes) is 1. The number of amides is 2. The van der Waals surface area contributed by atoms with Gasteiger partial charge in [-0.3, -0.25) is 19.2 Å². The van der Waals surface area contributed by atoms with E-state index in [1.54, 1.807) is 15.9 Å². The van der Waals surface area contributed by atoms with E-state index in [-0.39, 0.29) is 44.9 Å². The predicted octanol–water partition coefficient (Wildman–Crippen LogP) is 4.56. The number of carbonyl (C=O) groups is 5. The lowest BCUT2D eigenvalue weighted by Gasteiger charge is -2.40. The highest BCUT2D eigenvalue weighted by Crippen LogP contribution is 2.38. The lowest BCUT2D eigenvalue weighted by Crippen LogP contribution is -2.62. The van der Waals surface area contributed by atoms with Crippen molar-refractivity contribution in [1.82, 2.24) is 39.1 Å². The predicted molar refractivity (Wildman–Crippen MR) is 266 cm³/mol. The molecule has 396 valence electrons. The number of ketones is 2. The molecule has 4 saturated heterocycles. The highest BCUT2D eigenvalue weighted by atomic mass is 35.5. The van der Waals surface area contributed by atoms with Crippen LogP contribution in [0.3, 0.4) is 0 Å². The molecule has 1 unspecified atom stereocenters. The molecule has 6 aliphatic rings. The van der Waals surface area contributed by atoms with Gasteiger partial charge in [0.15, 0.2) is 0 Å². The number of pyridine rings is 1. The molecule has 2 amide bonds. The Balaban J connectivity index is 0.000000262. The number of carboxylic acids is 1. The minimum atomic E-state index is -5.08. The van der Waals surface area contributed by atoms with Crippen LogP contribution in [-0.2, 0) is 40.6 Å².